The number of carboxylic acid groups (broad SMARTS) is 1. The van der Waals surface area contributed by atoms with Crippen molar-refractivity contribution in [3.05, 3.63) is 35.4 Å². The molecule has 1 amide bonds. The van der Waals surface area contributed by atoms with Gasteiger partial charge in [-0.2, -0.15) is 0 Å². The zero-order chi connectivity index (χ0) is 15.7. The van der Waals surface area contributed by atoms with Crippen molar-refractivity contribution in [2.24, 2.45) is 11.8 Å². The Labute approximate surface area is 129 Å². The van der Waals surface area contributed by atoms with Crippen LogP contribution in [0.3, 0.4) is 0 Å². The molecule has 3 atom stereocenters. The van der Waals surface area contributed by atoms with Crippen molar-refractivity contribution in [1.82, 2.24) is 4.90 Å². The number of rotatable bonds is 2. The van der Waals surface area contributed by atoms with E-state index >= 15 is 0 Å². The molecule has 1 aromatic rings. The van der Waals surface area contributed by atoms with E-state index < -0.39 is 18.0 Å². The van der Waals surface area contributed by atoms with Gasteiger partial charge in [0.05, 0.1) is 12.5 Å². The molecule has 0 aliphatic carbocycles. The topological polar surface area (TPSA) is 66.8 Å². The minimum atomic E-state index is -0.825. The summed E-state index contributed by atoms with van der Waals surface area (Å²) in [6.07, 6.45) is 0.847. The van der Waals surface area contributed by atoms with Crippen molar-refractivity contribution >= 4 is 11.9 Å². The van der Waals surface area contributed by atoms with Crippen LogP contribution in [0.25, 0.3) is 0 Å². The lowest BCUT2D eigenvalue weighted by atomic mass is 9.89. The SMILES string of the molecule is CC1CC(C(=O)O)CN(C(=O)C2OCCc3ccccc32)C1. The molecule has 0 radical (unpaired) electrons. The fourth-order valence-corrected chi connectivity index (χ4v) is 3.47. The van der Waals surface area contributed by atoms with E-state index in [2.05, 4.69) is 0 Å². The first-order valence-electron chi connectivity index (χ1n) is 7.77. The highest BCUT2D eigenvalue weighted by Gasteiger charge is 2.36. The van der Waals surface area contributed by atoms with Crippen molar-refractivity contribution in [3.8, 4) is 0 Å². The summed E-state index contributed by atoms with van der Waals surface area (Å²) in [6.45, 7) is 3.40. The van der Waals surface area contributed by atoms with Gasteiger partial charge in [0.2, 0.25) is 0 Å². The Balaban J connectivity index is 1.81. The predicted octanol–water partition coefficient (Wildman–Crippen LogP) is 1.87. The smallest absolute Gasteiger partial charge is 0.308 e. The second kappa shape index (κ2) is 6.08. The fourth-order valence-electron chi connectivity index (χ4n) is 3.47. The zero-order valence-electron chi connectivity index (χ0n) is 12.7. The van der Waals surface area contributed by atoms with Crippen LogP contribution in [-0.2, 0) is 20.7 Å². The number of aliphatic carboxylic acids is 1. The quantitative estimate of drug-likeness (QED) is 0.905. The third-order valence-corrected chi connectivity index (χ3v) is 4.54. The van der Waals surface area contributed by atoms with Gasteiger partial charge in [-0.25, -0.2) is 0 Å². The van der Waals surface area contributed by atoms with E-state index in [1.165, 1.54) is 0 Å². The van der Waals surface area contributed by atoms with Crippen molar-refractivity contribution in [1.29, 1.82) is 0 Å². The molecule has 0 aromatic heterocycles. The van der Waals surface area contributed by atoms with E-state index in [-0.39, 0.29) is 18.4 Å². The minimum absolute atomic E-state index is 0.107. The highest BCUT2D eigenvalue weighted by Crippen LogP contribution is 2.31. The standard InChI is InChI=1S/C17H21NO4/c1-11-8-13(17(20)21)10-18(9-11)16(19)15-14-5-3-2-4-12(14)6-7-22-15/h2-5,11,13,15H,6-10H2,1H3,(H,20,21). The van der Waals surface area contributed by atoms with E-state index in [4.69, 9.17) is 4.74 Å². The van der Waals surface area contributed by atoms with Crippen LogP contribution in [0.4, 0.5) is 0 Å². The molecule has 2 heterocycles. The summed E-state index contributed by atoms with van der Waals surface area (Å²) in [7, 11) is 0. The molecule has 22 heavy (non-hydrogen) atoms. The molecule has 2 aliphatic heterocycles. The lowest BCUT2D eigenvalue weighted by Crippen LogP contribution is -2.48. The van der Waals surface area contributed by atoms with Gasteiger partial charge < -0.3 is 14.7 Å². The van der Waals surface area contributed by atoms with E-state index in [9.17, 15) is 14.7 Å². The molecule has 3 rings (SSSR count). The number of nitrogens with zero attached hydrogens (tertiary/aromatic N) is 1. The van der Waals surface area contributed by atoms with Gasteiger partial charge in [-0.15, -0.1) is 0 Å². The molecule has 3 unspecified atom stereocenters. The molecule has 5 heteroatoms. The molecule has 0 saturated carbocycles. The highest BCUT2D eigenvalue weighted by molar-refractivity contribution is 5.84. The number of fused-ring (bicyclic) bond motifs is 1. The van der Waals surface area contributed by atoms with Gasteiger partial charge in [-0.05, 0) is 29.9 Å². The van der Waals surface area contributed by atoms with Gasteiger partial charge in [0.15, 0.2) is 6.10 Å². The van der Waals surface area contributed by atoms with Gasteiger partial charge in [-0.3, -0.25) is 9.59 Å². The van der Waals surface area contributed by atoms with E-state index in [0.29, 0.717) is 19.6 Å². The first kappa shape index (κ1) is 15.0. The molecular formula is C17H21NO4. The lowest BCUT2D eigenvalue weighted by molar-refractivity contribution is -0.152. The van der Waals surface area contributed by atoms with Crippen LogP contribution in [0.1, 0.15) is 30.6 Å². The van der Waals surface area contributed by atoms with Crippen molar-refractivity contribution < 1.29 is 19.4 Å². The summed E-state index contributed by atoms with van der Waals surface area (Å²) in [5.41, 5.74) is 2.07. The van der Waals surface area contributed by atoms with Crippen LogP contribution in [0.5, 0.6) is 0 Å². The molecule has 118 valence electrons. The van der Waals surface area contributed by atoms with Crippen LogP contribution < -0.4 is 0 Å². The molecule has 1 aromatic carbocycles. The molecule has 0 bridgehead atoms. The number of likely N-dealkylation sites (tertiary alicyclic amines) is 1. The molecular weight excluding hydrogens is 282 g/mol. The Morgan fingerprint density at radius 1 is 1.27 bits per heavy atom. The zero-order valence-corrected chi connectivity index (χ0v) is 12.7. The number of ether oxygens (including phenoxy) is 1. The normalized spacial score (nSPS) is 28.0. The molecule has 5 nitrogen and oxygen atoms in total. The maximum atomic E-state index is 12.8. The summed E-state index contributed by atoms with van der Waals surface area (Å²) in [5.74, 6) is -1.22. The summed E-state index contributed by atoms with van der Waals surface area (Å²) in [5, 5.41) is 9.25. The van der Waals surface area contributed by atoms with Crippen LogP contribution in [-0.4, -0.2) is 41.6 Å². The largest absolute Gasteiger partial charge is 0.481 e. The summed E-state index contributed by atoms with van der Waals surface area (Å²) in [6, 6.07) is 7.83. The monoisotopic (exact) mass is 303 g/mol. The Kier molecular flexibility index (Phi) is 4.16. The van der Waals surface area contributed by atoms with Crippen LogP contribution in [0.2, 0.25) is 0 Å². The van der Waals surface area contributed by atoms with E-state index in [1.54, 1.807) is 4.90 Å². The van der Waals surface area contributed by atoms with E-state index in [0.717, 1.165) is 17.5 Å². The number of piperidine rings is 1. The third-order valence-electron chi connectivity index (χ3n) is 4.54. The Hall–Kier alpha value is -1.88. The summed E-state index contributed by atoms with van der Waals surface area (Å²) in [4.78, 5) is 25.8. The Bertz CT molecular complexity index is 586. The highest BCUT2D eigenvalue weighted by atomic mass is 16.5. The van der Waals surface area contributed by atoms with E-state index in [1.807, 2.05) is 31.2 Å². The fraction of sp³-hybridized carbons (Fsp3) is 0.529. The molecule has 2 aliphatic rings. The summed E-state index contributed by atoms with van der Waals surface area (Å²) < 4.78 is 5.71. The number of hydrogen-bond acceptors (Lipinski definition) is 3. The van der Waals surface area contributed by atoms with Crippen molar-refractivity contribution in [2.75, 3.05) is 19.7 Å². The van der Waals surface area contributed by atoms with Gasteiger partial charge in [-0.1, -0.05) is 31.2 Å². The van der Waals surface area contributed by atoms with Gasteiger partial charge in [0, 0.05) is 13.1 Å². The number of benzene rings is 1. The molecule has 1 saturated heterocycles. The third kappa shape index (κ3) is 2.86. The number of carbonyl (C=O) groups is 2. The first-order valence-corrected chi connectivity index (χ1v) is 7.77. The van der Waals surface area contributed by atoms with Crippen LogP contribution in [0.15, 0.2) is 24.3 Å². The number of amides is 1. The van der Waals surface area contributed by atoms with Crippen molar-refractivity contribution in [3.63, 3.8) is 0 Å². The lowest BCUT2D eigenvalue weighted by Gasteiger charge is -2.37. The predicted molar refractivity (Wildman–Crippen MR) is 80.3 cm³/mol. The maximum absolute atomic E-state index is 12.8. The van der Waals surface area contributed by atoms with Gasteiger partial charge in [0.25, 0.3) is 5.91 Å². The number of carboxylic acids is 1. The van der Waals surface area contributed by atoms with Gasteiger partial charge >= 0.3 is 5.97 Å². The van der Waals surface area contributed by atoms with Gasteiger partial charge in [0.1, 0.15) is 0 Å². The first-order chi connectivity index (χ1) is 10.6. The Morgan fingerprint density at radius 3 is 2.82 bits per heavy atom. The van der Waals surface area contributed by atoms with Crippen molar-refractivity contribution in [2.45, 2.75) is 25.9 Å². The maximum Gasteiger partial charge on any atom is 0.308 e. The molecule has 0 spiro atoms. The molecule has 1 N–H and O–H groups in total. The number of hydrogen-bond donors (Lipinski definition) is 1. The van der Waals surface area contributed by atoms with Crippen LogP contribution >= 0.6 is 0 Å². The van der Waals surface area contributed by atoms with Crippen LogP contribution in [0, 0.1) is 11.8 Å². The minimum Gasteiger partial charge on any atom is -0.481 e. The average molecular weight is 303 g/mol. The second-order valence-corrected chi connectivity index (χ2v) is 6.32. The number of carbonyl (C=O) groups excluding carboxylic acids is 1. The Morgan fingerprint density at radius 2 is 2.05 bits per heavy atom. The average Bonchev–Trinajstić information content (AvgIpc) is 2.53. The summed E-state index contributed by atoms with van der Waals surface area (Å²) >= 11 is 0. The second-order valence-electron chi connectivity index (χ2n) is 6.32. The molecule has 1 fully saturated rings.